The van der Waals surface area contributed by atoms with Gasteiger partial charge in [-0.1, -0.05) is 0 Å². The van der Waals surface area contributed by atoms with Crippen LogP contribution in [0.4, 0.5) is 5.69 Å². The Morgan fingerprint density at radius 1 is 1.56 bits per heavy atom. The van der Waals surface area contributed by atoms with E-state index < -0.39 is 0 Å². The number of nitro benzene ring substituents is 1. The molecule has 1 fully saturated rings. The van der Waals surface area contributed by atoms with Crippen LogP contribution in [0.2, 0.25) is 0 Å². The topological polar surface area (TPSA) is 64.4 Å². The molecule has 0 saturated carbocycles. The molecule has 1 saturated heterocycles. The quantitative estimate of drug-likeness (QED) is 0.657. The zero-order valence-electron chi connectivity index (χ0n) is 10.5. The molecule has 1 unspecified atom stereocenters. The Morgan fingerprint density at radius 3 is 3.06 bits per heavy atom. The van der Waals surface area contributed by atoms with Crippen LogP contribution in [0, 0.1) is 23.0 Å². The second-order valence-electron chi connectivity index (χ2n) is 4.73. The summed E-state index contributed by atoms with van der Waals surface area (Å²) in [6.45, 7) is 4.39. The zero-order chi connectivity index (χ0) is 13.0. The van der Waals surface area contributed by atoms with Crippen molar-refractivity contribution in [1.82, 2.24) is 5.32 Å². The summed E-state index contributed by atoms with van der Waals surface area (Å²) in [7, 11) is 0. The van der Waals surface area contributed by atoms with Crippen LogP contribution in [-0.4, -0.2) is 24.6 Å². The summed E-state index contributed by atoms with van der Waals surface area (Å²) in [5.41, 5.74) is 0.779. The van der Waals surface area contributed by atoms with Crippen LogP contribution in [-0.2, 0) is 0 Å². The van der Waals surface area contributed by atoms with Crippen molar-refractivity contribution in [3.05, 3.63) is 33.9 Å². The number of ether oxygens (including phenoxy) is 1. The van der Waals surface area contributed by atoms with Gasteiger partial charge >= 0.3 is 0 Å². The molecular formula is C13H18N2O3. The van der Waals surface area contributed by atoms with Crippen molar-refractivity contribution in [3.63, 3.8) is 0 Å². The van der Waals surface area contributed by atoms with E-state index in [-0.39, 0.29) is 10.6 Å². The highest BCUT2D eigenvalue weighted by molar-refractivity contribution is 5.45. The number of hydrogen-bond acceptors (Lipinski definition) is 4. The van der Waals surface area contributed by atoms with Crippen molar-refractivity contribution in [3.8, 4) is 5.75 Å². The third-order valence-corrected chi connectivity index (χ3v) is 3.26. The first-order chi connectivity index (χ1) is 8.66. The van der Waals surface area contributed by atoms with E-state index in [0.717, 1.165) is 19.5 Å². The summed E-state index contributed by atoms with van der Waals surface area (Å²) >= 11 is 0. The van der Waals surface area contributed by atoms with Crippen molar-refractivity contribution in [2.24, 2.45) is 5.92 Å². The van der Waals surface area contributed by atoms with Crippen LogP contribution in [0.15, 0.2) is 18.2 Å². The molecule has 0 radical (unpaired) electrons. The van der Waals surface area contributed by atoms with Crippen LogP contribution in [0.1, 0.15) is 18.4 Å². The van der Waals surface area contributed by atoms with Crippen molar-refractivity contribution in [2.45, 2.75) is 19.8 Å². The van der Waals surface area contributed by atoms with E-state index in [2.05, 4.69) is 5.32 Å². The minimum absolute atomic E-state index is 0.120. The molecule has 1 heterocycles. The van der Waals surface area contributed by atoms with Gasteiger partial charge in [-0.25, -0.2) is 0 Å². The summed E-state index contributed by atoms with van der Waals surface area (Å²) in [4.78, 5) is 10.4. The molecule has 5 heteroatoms. The molecule has 1 aliphatic heterocycles. The molecule has 0 aliphatic carbocycles. The van der Waals surface area contributed by atoms with E-state index in [1.54, 1.807) is 19.1 Å². The lowest BCUT2D eigenvalue weighted by Crippen LogP contribution is -2.33. The van der Waals surface area contributed by atoms with Crippen LogP contribution in [0.3, 0.4) is 0 Å². The first-order valence-electron chi connectivity index (χ1n) is 6.25. The lowest BCUT2D eigenvalue weighted by atomic mass is 10.0. The molecule has 1 N–H and O–H groups in total. The standard InChI is InChI=1S/C13H18N2O3/c1-10-4-5-12(7-13(10)15(16)17)18-9-11-3-2-6-14-8-11/h4-5,7,11,14H,2-3,6,8-9H2,1H3. The molecule has 1 aliphatic rings. The molecule has 0 aromatic heterocycles. The number of nitrogens with one attached hydrogen (secondary N) is 1. The predicted octanol–water partition coefficient (Wildman–Crippen LogP) is 2.28. The minimum atomic E-state index is -0.371. The van der Waals surface area contributed by atoms with E-state index >= 15 is 0 Å². The lowest BCUT2D eigenvalue weighted by Gasteiger charge is -2.22. The smallest absolute Gasteiger partial charge is 0.275 e. The van der Waals surface area contributed by atoms with Gasteiger partial charge in [0.05, 0.1) is 17.6 Å². The second kappa shape index (κ2) is 5.82. The Balaban J connectivity index is 1.96. The van der Waals surface area contributed by atoms with Crippen LogP contribution in [0.5, 0.6) is 5.75 Å². The number of rotatable bonds is 4. The molecule has 2 rings (SSSR count). The van der Waals surface area contributed by atoms with Gasteiger partial charge in [0.25, 0.3) is 5.69 Å². The Kier molecular flexibility index (Phi) is 4.15. The number of piperidine rings is 1. The van der Waals surface area contributed by atoms with Gasteiger partial charge in [-0.2, -0.15) is 0 Å². The number of aryl methyl sites for hydroxylation is 1. The fourth-order valence-corrected chi connectivity index (χ4v) is 2.16. The minimum Gasteiger partial charge on any atom is -0.493 e. The highest BCUT2D eigenvalue weighted by Gasteiger charge is 2.15. The number of nitrogens with zero attached hydrogens (tertiary/aromatic N) is 1. The first-order valence-corrected chi connectivity index (χ1v) is 6.25. The summed E-state index contributed by atoms with van der Waals surface area (Å²) in [5, 5.41) is 14.1. The van der Waals surface area contributed by atoms with Gasteiger partial charge in [-0.3, -0.25) is 10.1 Å². The van der Waals surface area contributed by atoms with Crippen molar-refractivity contribution < 1.29 is 9.66 Å². The molecule has 18 heavy (non-hydrogen) atoms. The summed E-state index contributed by atoms with van der Waals surface area (Å²) in [6.07, 6.45) is 2.32. The van der Waals surface area contributed by atoms with Crippen molar-refractivity contribution >= 4 is 5.69 Å². The molecule has 0 amide bonds. The molecule has 1 aromatic rings. The van der Waals surface area contributed by atoms with Gasteiger partial charge in [0.2, 0.25) is 0 Å². The average Bonchev–Trinajstić information content (AvgIpc) is 2.38. The fourth-order valence-electron chi connectivity index (χ4n) is 2.16. The molecule has 1 atom stereocenters. The lowest BCUT2D eigenvalue weighted by molar-refractivity contribution is -0.385. The zero-order valence-corrected chi connectivity index (χ0v) is 10.5. The van der Waals surface area contributed by atoms with E-state index in [9.17, 15) is 10.1 Å². The van der Waals surface area contributed by atoms with Gasteiger partial charge in [0.1, 0.15) is 5.75 Å². The summed E-state index contributed by atoms with van der Waals surface area (Å²) in [6, 6.07) is 5.02. The molecule has 0 bridgehead atoms. The average molecular weight is 250 g/mol. The number of hydrogen-bond donors (Lipinski definition) is 1. The van der Waals surface area contributed by atoms with Crippen LogP contribution >= 0.6 is 0 Å². The highest BCUT2D eigenvalue weighted by atomic mass is 16.6. The van der Waals surface area contributed by atoms with Crippen molar-refractivity contribution in [2.75, 3.05) is 19.7 Å². The van der Waals surface area contributed by atoms with E-state index in [1.807, 2.05) is 0 Å². The number of nitro groups is 1. The Morgan fingerprint density at radius 2 is 2.39 bits per heavy atom. The Hall–Kier alpha value is -1.62. The maximum Gasteiger partial charge on any atom is 0.275 e. The third-order valence-electron chi connectivity index (χ3n) is 3.26. The first kappa shape index (κ1) is 12.8. The third kappa shape index (κ3) is 3.20. The molecule has 1 aromatic carbocycles. The monoisotopic (exact) mass is 250 g/mol. The van der Waals surface area contributed by atoms with E-state index in [1.165, 1.54) is 12.5 Å². The predicted molar refractivity (Wildman–Crippen MR) is 68.9 cm³/mol. The highest BCUT2D eigenvalue weighted by Crippen LogP contribution is 2.24. The Bertz CT molecular complexity index is 428. The summed E-state index contributed by atoms with van der Waals surface area (Å²) < 4.78 is 5.65. The normalized spacial score (nSPS) is 19.5. The Labute approximate surface area is 106 Å². The fraction of sp³-hybridized carbons (Fsp3) is 0.538. The molecule has 0 spiro atoms. The molecule has 98 valence electrons. The SMILES string of the molecule is Cc1ccc(OCC2CCCNC2)cc1[N+](=O)[O-]. The van der Waals surface area contributed by atoms with Gasteiger partial charge in [-0.05, 0) is 38.4 Å². The van der Waals surface area contributed by atoms with E-state index in [4.69, 9.17) is 4.74 Å². The maximum atomic E-state index is 10.8. The van der Waals surface area contributed by atoms with Gasteiger partial charge in [0, 0.05) is 18.0 Å². The largest absolute Gasteiger partial charge is 0.493 e. The molecule has 5 nitrogen and oxygen atoms in total. The van der Waals surface area contributed by atoms with Gasteiger partial charge in [0.15, 0.2) is 0 Å². The second-order valence-corrected chi connectivity index (χ2v) is 4.73. The van der Waals surface area contributed by atoms with Crippen LogP contribution in [0.25, 0.3) is 0 Å². The van der Waals surface area contributed by atoms with Gasteiger partial charge < -0.3 is 10.1 Å². The van der Waals surface area contributed by atoms with Crippen LogP contribution < -0.4 is 10.1 Å². The maximum absolute atomic E-state index is 10.8. The van der Waals surface area contributed by atoms with Gasteiger partial charge in [-0.15, -0.1) is 0 Å². The number of benzene rings is 1. The van der Waals surface area contributed by atoms with Crippen molar-refractivity contribution in [1.29, 1.82) is 0 Å². The summed E-state index contributed by atoms with van der Waals surface area (Å²) in [5.74, 6) is 1.08. The molecular weight excluding hydrogens is 232 g/mol. The van der Waals surface area contributed by atoms with E-state index in [0.29, 0.717) is 23.8 Å².